The van der Waals surface area contributed by atoms with Crippen LogP contribution in [0.25, 0.3) is 0 Å². The minimum atomic E-state index is -4.92. The van der Waals surface area contributed by atoms with Gasteiger partial charge in [0.15, 0.2) is 0 Å². The van der Waals surface area contributed by atoms with Gasteiger partial charge in [0.1, 0.15) is 5.75 Å². The van der Waals surface area contributed by atoms with Gasteiger partial charge in [-0.25, -0.2) is 0 Å². The second kappa shape index (κ2) is 11.9. The summed E-state index contributed by atoms with van der Waals surface area (Å²) in [6.07, 6.45) is -4.04. The summed E-state index contributed by atoms with van der Waals surface area (Å²) in [5.74, 6) is -0.198. The van der Waals surface area contributed by atoms with Crippen LogP contribution in [0.4, 0.5) is 13.2 Å². The number of likely N-dealkylation sites (tertiary alicyclic amines) is 1. The van der Waals surface area contributed by atoms with Crippen LogP contribution in [0, 0.1) is 0 Å². The molecule has 2 aromatic carbocycles. The molecule has 0 spiro atoms. The number of alkyl halides is 3. The second-order valence-electron chi connectivity index (χ2n) is 7.86. The second-order valence-corrected chi connectivity index (χ2v) is 10.0. The van der Waals surface area contributed by atoms with E-state index in [1.807, 2.05) is 24.9 Å². The fourth-order valence-electron chi connectivity index (χ4n) is 3.81. The smallest absolute Gasteiger partial charge is 0.405 e. The van der Waals surface area contributed by atoms with E-state index in [-0.39, 0.29) is 35.3 Å². The maximum absolute atomic E-state index is 13.1. The lowest BCUT2D eigenvalue weighted by Crippen LogP contribution is -2.30. The van der Waals surface area contributed by atoms with E-state index in [4.69, 9.17) is 23.2 Å². The standard InChI is InChI=1S/C23H26Cl2F3N3O2S/c1-3-34-21-5-4-16(24)8-15(21)11-30-22(32)14-9-19(25)18(20(10-14)33-23(26,27)28)13-31-7-6-17(12-31)29-2/h4-5,8-10,17,29H,3,6-7,11-13H2,1-2H3,(H,30,32). The van der Waals surface area contributed by atoms with Crippen molar-refractivity contribution in [1.29, 1.82) is 0 Å². The number of hydrogen-bond acceptors (Lipinski definition) is 5. The SMILES string of the molecule is CCSc1ccc(Cl)cc1CNC(=O)c1cc(Cl)c(CN2CCC(NC)C2)c(OC(F)(F)F)c1. The van der Waals surface area contributed by atoms with E-state index < -0.39 is 18.0 Å². The Morgan fingerprint density at radius 3 is 2.68 bits per heavy atom. The molecule has 0 radical (unpaired) electrons. The Morgan fingerprint density at radius 2 is 2.03 bits per heavy atom. The van der Waals surface area contributed by atoms with Crippen molar-refractivity contribution < 1.29 is 22.7 Å². The van der Waals surface area contributed by atoms with Crippen LogP contribution < -0.4 is 15.4 Å². The number of benzene rings is 2. The Bertz CT molecular complexity index is 1020. The molecule has 1 heterocycles. The number of nitrogens with one attached hydrogen (secondary N) is 2. The number of thioether (sulfide) groups is 1. The quantitative estimate of drug-likeness (QED) is 0.401. The zero-order valence-electron chi connectivity index (χ0n) is 18.8. The largest absolute Gasteiger partial charge is 0.573 e. The van der Waals surface area contributed by atoms with E-state index in [1.165, 1.54) is 6.07 Å². The third-order valence-electron chi connectivity index (χ3n) is 5.47. The molecule has 1 saturated heterocycles. The molecule has 2 aromatic rings. The number of amides is 1. The molecule has 3 rings (SSSR count). The van der Waals surface area contributed by atoms with E-state index >= 15 is 0 Å². The molecule has 0 saturated carbocycles. The number of ether oxygens (including phenoxy) is 1. The predicted molar refractivity (Wildman–Crippen MR) is 130 cm³/mol. The van der Waals surface area contributed by atoms with Gasteiger partial charge in [0, 0.05) is 58.3 Å². The molecule has 186 valence electrons. The number of likely N-dealkylation sites (N-methyl/N-ethyl adjacent to an activating group) is 1. The highest BCUT2D eigenvalue weighted by Crippen LogP contribution is 2.34. The molecule has 5 nitrogen and oxygen atoms in total. The molecule has 11 heteroatoms. The van der Waals surface area contributed by atoms with Crippen molar-refractivity contribution in [2.24, 2.45) is 0 Å². The molecule has 2 N–H and O–H groups in total. The van der Waals surface area contributed by atoms with Crippen molar-refractivity contribution in [2.45, 2.75) is 43.7 Å². The minimum Gasteiger partial charge on any atom is -0.405 e. The maximum Gasteiger partial charge on any atom is 0.573 e. The van der Waals surface area contributed by atoms with E-state index in [1.54, 1.807) is 23.9 Å². The lowest BCUT2D eigenvalue weighted by Gasteiger charge is -2.21. The minimum absolute atomic E-state index is 0.0192. The van der Waals surface area contributed by atoms with Crippen LogP contribution in [-0.4, -0.2) is 49.1 Å². The summed E-state index contributed by atoms with van der Waals surface area (Å²) in [7, 11) is 1.85. The molecular weight excluding hydrogens is 510 g/mol. The molecule has 34 heavy (non-hydrogen) atoms. The topological polar surface area (TPSA) is 53.6 Å². The van der Waals surface area contributed by atoms with Crippen LogP contribution in [0.3, 0.4) is 0 Å². The first-order valence-corrected chi connectivity index (χ1v) is 12.5. The highest BCUT2D eigenvalue weighted by atomic mass is 35.5. The molecule has 1 amide bonds. The van der Waals surface area contributed by atoms with Crippen molar-refractivity contribution >= 4 is 40.9 Å². The van der Waals surface area contributed by atoms with Gasteiger partial charge in [0.25, 0.3) is 5.91 Å². The van der Waals surface area contributed by atoms with Gasteiger partial charge in [-0.3, -0.25) is 9.69 Å². The molecule has 1 aliphatic heterocycles. The van der Waals surface area contributed by atoms with Crippen molar-refractivity contribution in [3.63, 3.8) is 0 Å². The van der Waals surface area contributed by atoms with E-state index in [0.717, 1.165) is 28.7 Å². The van der Waals surface area contributed by atoms with Crippen LogP contribution in [0.2, 0.25) is 10.0 Å². The summed E-state index contributed by atoms with van der Waals surface area (Å²) < 4.78 is 43.7. The Balaban J connectivity index is 1.81. The van der Waals surface area contributed by atoms with Gasteiger partial charge in [-0.2, -0.15) is 0 Å². The van der Waals surface area contributed by atoms with Crippen LogP contribution in [0.5, 0.6) is 5.75 Å². The van der Waals surface area contributed by atoms with Crippen molar-refractivity contribution in [3.05, 3.63) is 57.1 Å². The van der Waals surface area contributed by atoms with Crippen LogP contribution in [0.15, 0.2) is 35.2 Å². The monoisotopic (exact) mass is 535 g/mol. The summed E-state index contributed by atoms with van der Waals surface area (Å²) >= 11 is 14.1. The van der Waals surface area contributed by atoms with Gasteiger partial charge >= 0.3 is 6.36 Å². The molecular formula is C23H26Cl2F3N3O2S. The van der Waals surface area contributed by atoms with E-state index in [2.05, 4.69) is 15.4 Å². The summed E-state index contributed by atoms with van der Waals surface area (Å²) in [5, 5.41) is 6.48. The maximum atomic E-state index is 13.1. The average molecular weight is 536 g/mol. The van der Waals surface area contributed by atoms with Crippen LogP contribution >= 0.6 is 35.0 Å². The zero-order valence-corrected chi connectivity index (χ0v) is 21.1. The molecule has 1 atom stereocenters. The lowest BCUT2D eigenvalue weighted by atomic mass is 10.1. The molecule has 0 aliphatic carbocycles. The summed E-state index contributed by atoms with van der Waals surface area (Å²) in [5.41, 5.74) is 0.994. The Morgan fingerprint density at radius 1 is 1.26 bits per heavy atom. The Labute approximate surface area is 211 Å². The molecule has 0 aromatic heterocycles. The third kappa shape index (κ3) is 7.42. The van der Waals surface area contributed by atoms with Gasteiger partial charge in [0.2, 0.25) is 0 Å². The first kappa shape index (κ1) is 26.9. The number of halogens is 5. The first-order chi connectivity index (χ1) is 16.1. The number of hydrogen-bond donors (Lipinski definition) is 2. The number of rotatable bonds is 9. The van der Waals surface area contributed by atoms with Gasteiger partial charge in [0.05, 0.1) is 0 Å². The van der Waals surface area contributed by atoms with E-state index in [9.17, 15) is 18.0 Å². The van der Waals surface area contributed by atoms with Crippen molar-refractivity contribution in [2.75, 3.05) is 25.9 Å². The van der Waals surface area contributed by atoms with E-state index in [0.29, 0.717) is 18.1 Å². The Hall–Kier alpha value is -1.65. The van der Waals surface area contributed by atoms with Crippen molar-refractivity contribution in [1.82, 2.24) is 15.5 Å². The number of carbonyl (C=O) groups excluding carboxylic acids is 1. The normalized spacial score (nSPS) is 16.6. The highest BCUT2D eigenvalue weighted by molar-refractivity contribution is 7.99. The molecule has 1 unspecified atom stereocenters. The molecule has 0 bridgehead atoms. The van der Waals surface area contributed by atoms with Gasteiger partial charge < -0.3 is 15.4 Å². The van der Waals surface area contributed by atoms with Crippen LogP contribution in [0.1, 0.15) is 34.8 Å². The van der Waals surface area contributed by atoms with Gasteiger partial charge in [-0.1, -0.05) is 30.1 Å². The predicted octanol–water partition coefficient (Wildman–Crippen LogP) is 5.73. The third-order valence-corrected chi connectivity index (χ3v) is 7.04. The Kier molecular flexibility index (Phi) is 9.40. The highest BCUT2D eigenvalue weighted by Gasteiger charge is 2.34. The fourth-order valence-corrected chi connectivity index (χ4v) is 5.06. The average Bonchev–Trinajstić information content (AvgIpc) is 3.22. The molecule has 1 fully saturated rings. The lowest BCUT2D eigenvalue weighted by molar-refractivity contribution is -0.275. The summed E-state index contributed by atoms with van der Waals surface area (Å²) in [6.45, 7) is 3.75. The van der Waals surface area contributed by atoms with Gasteiger partial charge in [-0.05, 0) is 55.1 Å². The first-order valence-electron chi connectivity index (χ1n) is 10.8. The molecule has 1 aliphatic rings. The number of nitrogens with zero attached hydrogens (tertiary/aromatic N) is 1. The number of carbonyl (C=O) groups is 1. The summed E-state index contributed by atoms with van der Waals surface area (Å²) in [6, 6.07) is 8.12. The van der Waals surface area contributed by atoms with Crippen LogP contribution in [-0.2, 0) is 13.1 Å². The summed E-state index contributed by atoms with van der Waals surface area (Å²) in [4.78, 5) is 15.8. The van der Waals surface area contributed by atoms with Gasteiger partial charge in [-0.15, -0.1) is 24.9 Å². The zero-order chi connectivity index (χ0) is 24.9. The fraction of sp³-hybridized carbons (Fsp3) is 0.435. The van der Waals surface area contributed by atoms with Crippen molar-refractivity contribution in [3.8, 4) is 5.75 Å².